The number of rotatable bonds is 2. The molecule has 0 heterocycles. The minimum Gasteiger partial charge on any atom is -0.331 e. The molecule has 0 aliphatic heterocycles. The second-order valence-electron chi connectivity index (χ2n) is 5.37. The molecule has 1 N–H and O–H groups in total. The van der Waals surface area contributed by atoms with Crippen molar-refractivity contribution in [3.8, 4) is 11.8 Å². The lowest BCUT2D eigenvalue weighted by Gasteiger charge is -2.10. The van der Waals surface area contributed by atoms with Gasteiger partial charge in [0.1, 0.15) is 5.69 Å². The molecule has 0 aliphatic carbocycles. The van der Waals surface area contributed by atoms with Gasteiger partial charge in [0.25, 0.3) is 0 Å². The first kappa shape index (κ1) is 19.6. The summed E-state index contributed by atoms with van der Waals surface area (Å²) in [4.78, 5) is 4.50. The molecule has 134 valence electrons. The van der Waals surface area contributed by atoms with Gasteiger partial charge in [-0.25, -0.2) is 4.99 Å². The van der Waals surface area contributed by atoms with Crippen LogP contribution in [0.15, 0.2) is 71.7 Å². The summed E-state index contributed by atoms with van der Waals surface area (Å²) in [5, 5.41) is 4.80. The van der Waals surface area contributed by atoms with E-state index in [9.17, 15) is 0 Å². The molecule has 3 rings (SSSR count). The summed E-state index contributed by atoms with van der Waals surface area (Å²) in [7, 11) is 0. The topological polar surface area (TPSA) is 24.4 Å². The summed E-state index contributed by atoms with van der Waals surface area (Å²) in [6.45, 7) is 0. The average molecular weight is 434 g/mol. The van der Waals surface area contributed by atoms with E-state index < -0.39 is 0 Å². The smallest absolute Gasteiger partial charge is 0.184 e. The lowest BCUT2D eigenvalue weighted by Crippen LogP contribution is -2.10. The maximum Gasteiger partial charge on any atom is 0.184 e. The highest BCUT2D eigenvalue weighted by Gasteiger charge is 2.10. The molecule has 0 unspecified atom stereocenters. The van der Waals surface area contributed by atoms with Crippen molar-refractivity contribution >= 4 is 63.6 Å². The van der Waals surface area contributed by atoms with E-state index in [-0.39, 0.29) is 0 Å². The summed E-state index contributed by atoms with van der Waals surface area (Å²) in [6.07, 6.45) is 0. The maximum atomic E-state index is 6.25. The second-order valence-corrected chi connectivity index (χ2v) is 7.00. The van der Waals surface area contributed by atoms with E-state index >= 15 is 0 Å². The Hall–Kier alpha value is -2.15. The number of halogens is 4. The molecular weight excluding hydrogens is 422 g/mol. The summed E-state index contributed by atoms with van der Waals surface area (Å²) in [5.74, 6) is 6.35. The fourth-order valence-corrected chi connectivity index (χ4v) is 3.16. The molecule has 0 aromatic heterocycles. The van der Waals surface area contributed by atoms with E-state index in [0.717, 1.165) is 5.56 Å². The predicted octanol–water partition coefficient (Wildman–Crippen LogP) is 7.49. The van der Waals surface area contributed by atoms with Crippen LogP contribution >= 0.6 is 46.4 Å². The van der Waals surface area contributed by atoms with Crippen LogP contribution in [0.25, 0.3) is 0 Å². The first-order chi connectivity index (χ1) is 13.0. The van der Waals surface area contributed by atoms with E-state index in [2.05, 4.69) is 22.2 Å². The van der Waals surface area contributed by atoms with Gasteiger partial charge in [-0.1, -0.05) is 82.7 Å². The molecule has 27 heavy (non-hydrogen) atoms. The molecular formula is C21H12Cl4N2. The van der Waals surface area contributed by atoms with E-state index in [1.165, 1.54) is 0 Å². The highest BCUT2D eigenvalue weighted by molar-refractivity contribution is 6.41. The van der Waals surface area contributed by atoms with Crippen molar-refractivity contribution in [1.29, 1.82) is 0 Å². The Labute approximate surface area is 177 Å². The van der Waals surface area contributed by atoms with E-state index in [1.54, 1.807) is 36.4 Å². The van der Waals surface area contributed by atoms with E-state index in [1.807, 2.05) is 30.3 Å². The third-order valence-electron chi connectivity index (χ3n) is 3.47. The van der Waals surface area contributed by atoms with Crippen molar-refractivity contribution in [2.75, 3.05) is 5.32 Å². The number of amidine groups is 1. The molecule has 3 aromatic carbocycles. The van der Waals surface area contributed by atoms with Crippen molar-refractivity contribution in [1.82, 2.24) is 0 Å². The second kappa shape index (κ2) is 9.17. The Bertz CT molecular complexity index is 1010. The van der Waals surface area contributed by atoms with Gasteiger partial charge in [-0.15, -0.1) is 0 Å². The van der Waals surface area contributed by atoms with Crippen molar-refractivity contribution in [2.45, 2.75) is 0 Å². The summed E-state index contributed by atoms with van der Waals surface area (Å²) in [6, 6.07) is 19.9. The summed E-state index contributed by atoms with van der Waals surface area (Å²) < 4.78 is 0. The molecule has 0 fully saturated rings. The van der Waals surface area contributed by atoms with Gasteiger partial charge in [0.05, 0.1) is 25.8 Å². The quantitative estimate of drug-likeness (QED) is 0.252. The SMILES string of the molecule is Clc1cccc(Cl)c1N=C(C#Cc1ccccc1)Nc1c(Cl)cccc1Cl. The van der Waals surface area contributed by atoms with Crippen LogP contribution in [0.4, 0.5) is 11.4 Å². The van der Waals surface area contributed by atoms with Gasteiger partial charge in [-0.05, 0) is 42.3 Å². The summed E-state index contributed by atoms with van der Waals surface area (Å²) >= 11 is 25.0. The van der Waals surface area contributed by atoms with Gasteiger partial charge >= 0.3 is 0 Å². The predicted molar refractivity (Wildman–Crippen MR) is 117 cm³/mol. The van der Waals surface area contributed by atoms with E-state index in [4.69, 9.17) is 46.4 Å². The first-order valence-corrected chi connectivity index (χ1v) is 9.36. The van der Waals surface area contributed by atoms with Gasteiger partial charge in [0, 0.05) is 5.56 Å². The third-order valence-corrected chi connectivity index (χ3v) is 4.71. The minimum atomic E-state index is 0.309. The number of anilines is 1. The largest absolute Gasteiger partial charge is 0.331 e. The maximum absolute atomic E-state index is 6.25. The van der Waals surface area contributed by atoms with Crippen LogP contribution in [0.3, 0.4) is 0 Å². The standard InChI is InChI=1S/C21H12Cl4N2/c22-15-8-4-9-16(23)20(15)26-19(13-12-14-6-2-1-3-7-14)27-21-17(24)10-5-11-18(21)25/h1-11H,(H,26,27). The fourth-order valence-electron chi connectivity index (χ4n) is 2.18. The van der Waals surface area contributed by atoms with Crippen LogP contribution in [0.1, 0.15) is 5.56 Å². The summed E-state index contributed by atoms with van der Waals surface area (Å²) in [5.41, 5.74) is 1.75. The van der Waals surface area contributed by atoms with Gasteiger partial charge < -0.3 is 5.32 Å². The van der Waals surface area contributed by atoms with Crippen molar-refractivity contribution in [3.63, 3.8) is 0 Å². The Balaban J connectivity index is 2.07. The van der Waals surface area contributed by atoms with Crippen LogP contribution in [0.5, 0.6) is 0 Å². The molecule has 3 aromatic rings. The molecule has 0 amide bonds. The third kappa shape index (κ3) is 5.19. The van der Waals surface area contributed by atoms with Crippen molar-refractivity contribution in [2.24, 2.45) is 4.99 Å². The molecule has 0 atom stereocenters. The zero-order valence-electron chi connectivity index (χ0n) is 13.8. The van der Waals surface area contributed by atoms with E-state index in [0.29, 0.717) is 37.3 Å². The fraction of sp³-hybridized carbons (Fsp3) is 0. The van der Waals surface area contributed by atoms with Crippen LogP contribution in [0.2, 0.25) is 20.1 Å². The highest BCUT2D eigenvalue weighted by Crippen LogP contribution is 2.34. The molecule has 0 radical (unpaired) electrons. The van der Waals surface area contributed by atoms with Gasteiger partial charge in [-0.2, -0.15) is 0 Å². The minimum absolute atomic E-state index is 0.309. The molecule has 0 spiro atoms. The normalized spacial score (nSPS) is 10.9. The molecule has 0 saturated carbocycles. The molecule has 6 heteroatoms. The van der Waals surface area contributed by atoms with Crippen LogP contribution in [-0.2, 0) is 0 Å². The number of hydrogen-bond acceptors (Lipinski definition) is 1. The lowest BCUT2D eigenvalue weighted by molar-refractivity contribution is 1.50. The Morgan fingerprint density at radius 3 is 1.85 bits per heavy atom. The molecule has 2 nitrogen and oxygen atoms in total. The molecule has 0 bridgehead atoms. The number of benzene rings is 3. The van der Waals surface area contributed by atoms with Crippen molar-refractivity contribution in [3.05, 3.63) is 92.4 Å². The van der Waals surface area contributed by atoms with Crippen molar-refractivity contribution < 1.29 is 0 Å². The van der Waals surface area contributed by atoms with Gasteiger partial charge in [0.15, 0.2) is 5.84 Å². The van der Waals surface area contributed by atoms with Crippen LogP contribution in [0, 0.1) is 11.8 Å². The number of para-hydroxylation sites is 2. The monoisotopic (exact) mass is 432 g/mol. The molecule has 0 saturated heterocycles. The first-order valence-electron chi connectivity index (χ1n) is 7.85. The Morgan fingerprint density at radius 2 is 1.26 bits per heavy atom. The zero-order valence-corrected chi connectivity index (χ0v) is 16.8. The Morgan fingerprint density at radius 1 is 0.704 bits per heavy atom. The Kier molecular flexibility index (Phi) is 6.66. The lowest BCUT2D eigenvalue weighted by atomic mass is 10.2. The average Bonchev–Trinajstić information content (AvgIpc) is 2.66. The van der Waals surface area contributed by atoms with Gasteiger partial charge in [-0.3, -0.25) is 0 Å². The molecule has 0 aliphatic rings. The highest BCUT2D eigenvalue weighted by atomic mass is 35.5. The number of nitrogens with one attached hydrogen (secondary N) is 1. The van der Waals surface area contributed by atoms with Gasteiger partial charge in [0.2, 0.25) is 0 Å². The van der Waals surface area contributed by atoms with Crippen LogP contribution < -0.4 is 5.32 Å². The number of hydrogen-bond donors (Lipinski definition) is 1. The zero-order chi connectivity index (χ0) is 19.2. The van der Waals surface area contributed by atoms with Crippen LogP contribution in [-0.4, -0.2) is 5.84 Å². The number of aliphatic imine (C=N–C) groups is 1. The number of nitrogens with zero attached hydrogens (tertiary/aromatic N) is 1.